The molecule has 116 valence electrons. The van der Waals surface area contributed by atoms with Gasteiger partial charge in [-0.3, -0.25) is 4.79 Å². The highest BCUT2D eigenvalue weighted by atomic mass is 16.5. The molecule has 0 aliphatic heterocycles. The Balaban J connectivity index is 1.80. The average molecular weight is 298 g/mol. The molecule has 22 heavy (non-hydrogen) atoms. The van der Waals surface area contributed by atoms with Gasteiger partial charge in [-0.05, 0) is 38.1 Å². The Morgan fingerprint density at radius 2 is 1.64 bits per heavy atom. The van der Waals surface area contributed by atoms with Crippen LogP contribution in [0.5, 0.6) is 11.5 Å². The molecule has 0 radical (unpaired) electrons. The van der Waals surface area contributed by atoms with Crippen LogP contribution in [0.4, 0.5) is 0 Å². The molecule has 0 fully saturated rings. The van der Waals surface area contributed by atoms with Crippen LogP contribution in [-0.2, 0) is 0 Å². The standard InChI is InChI=1S/C19H22O3/c1-14-7-9-18(10-8-14)21-12-15(2)13-22-19-6-4-5-17(11-19)16(3)20/h4-11,15H,12-13H2,1-3H3. The van der Waals surface area contributed by atoms with Crippen molar-refractivity contribution < 1.29 is 14.3 Å². The van der Waals surface area contributed by atoms with Gasteiger partial charge in [0.15, 0.2) is 5.78 Å². The number of aryl methyl sites for hydroxylation is 1. The van der Waals surface area contributed by atoms with E-state index in [-0.39, 0.29) is 11.7 Å². The van der Waals surface area contributed by atoms with Crippen LogP contribution in [0.2, 0.25) is 0 Å². The summed E-state index contributed by atoms with van der Waals surface area (Å²) in [6.45, 7) is 6.82. The molecule has 1 atom stereocenters. The van der Waals surface area contributed by atoms with Crippen LogP contribution in [0, 0.1) is 12.8 Å². The molecule has 2 rings (SSSR count). The van der Waals surface area contributed by atoms with Crippen LogP contribution >= 0.6 is 0 Å². The maximum absolute atomic E-state index is 11.3. The summed E-state index contributed by atoms with van der Waals surface area (Å²) in [6, 6.07) is 15.3. The second-order valence-corrected chi connectivity index (χ2v) is 5.62. The quantitative estimate of drug-likeness (QED) is 0.715. The summed E-state index contributed by atoms with van der Waals surface area (Å²) in [5.74, 6) is 1.88. The van der Waals surface area contributed by atoms with Crippen molar-refractivity contribution >= 4 is 5.78 Å². The molecule has 0 saturated carbocycles. The van der Waals surface area contributed by atoms with E-state index in [1.807, 2.05) is 36.4 Å². The lowest BCUT2D eigenvalue weighted by atomic mass is 10.1. The Morgan fingerprint density at radius 3 is 2.27 bits per heavy atom. The van der Waals surface area contributed by atoms with Crippen LogP contribution < -0.4 is 9.47 Å². The third kappa shape index (κ3) is 4.92. The van der Waals surface area contributed by atoms with Crippen LogP contribution in [0.15, 0.2) is 48.5 Å². The largest absolute Gasteiger partial charge is 0.493 e. The number of Topliss-reactive ketones (excluding diaryl/α,β-unsaturated/α-hetero) is 1. The normalized spacial score (nSPS) is 11.8. The van der Waals surface area contributed by atoms with E-state index >= 15 is 0 Å². The second-order valence-electron chi connectivity index (χ2n) is 5.62. The fourth-order valence-corrected chi connectivity index (χ4v) is 1.96. The summed E-state index contributed by atoms with van der Waals surface area (Å²) >= 11 is 0. The van der Waals surface area contributed by atoms with Crippen LogP contribution in [0.25, 0.3) is 0 Å². The first-order valence-corrected chi connectivity index (χ1v) is 7.48. The molecule has 2 aromatic carbocycles. The number of ketones is 1. The predicted octanol–water partition coefficient (Wildman–Crippen LogP) is 4.29. The fourth-order valence-electron chi connectivity index (χ4n) is 1.96. The number of rotatable bonds is 7. The van der Waals surface area contributed by atoms with E-state index in [1.165, 1.54) is 5.56 Å². The van der Waals surface area contributed by atoms with Gasteiger partial charge < -0.3 is 9.47 Å². The zero-order valence-electron chi connectivity index (χ0n) is 13.3. The van der Waals surface area contributed by atoms with E-state index in [0.717, 1.165) is 11.5 Å². The third-order valence-corrected chi connectivity index (χ3v) is 3.33. The molecule has 0 heterocycles. The SMILES string of the molecule is CC(=O)c1cccc(OCC(C)COc2ccc(C)cc2)c1. The predicted molar refractivity (Wildman–Crippen MR) is 87.8 cm³/mol. The van der Waals surface area contributed by atoms with Crippen molar-refractivity contribution in [1.82, 2.24) is 0 Å². The van der Waals surface area contributed by atoms with Crippen LogP contribution in [0.1, 0.15) is 29.8 Å². The van der Waals surface area contributed by atoms with E-state index in [9.17, 15) is 4.79 Å². The molecule has 2 aromatic rings. The van der Waals surface area contributed by atoms with Gasteiger partial charge in [-0.25, -0.2) is 0 Å². The minimum absolute atomic E-state index is 0.0428. The molecule has 3 heteroatoms. The Kier molecular flexibility index (Phi) is 5.59. The van der Waals surface area contributed by atoms with Gasteiger partial charge in [0.2, 0.25) is 0 Å². The molecule has 3 nitrogen and oxygen atoms in total. The molecule has 0 amide bonds. The number of benzene rings is 2. The number of hydrogen-bond donors (Lipinski definition) is 0. The van der Waals surface area contributed by atoms with Gasteiger partial charge in [0.05, 0.1) is 13.2 Å². The molecule has 0 saturated heterocycles. The van der Waals surface area contributed by atoms with Crippen LogP contribution in [0.3, 0.4) is 0 Å². The highest BCUT2D eigenvalue weighted by Gasteiger charge is 2.06. The van der Waals surface area contributed by atoms with Crippen molar-refractivity contribution in [3.63, 3.8) is 0 Å². The minimum Gasteiger partial charge on any atom is -0.493 e. The van der Waals surface area contributed by atoms with E-state index < -0.39 is 0 Å². The molecule has 0 bridgehead atoms. The highest BCUT2D eigenvalue weighted by molar-refractivity contribution is 5.94. The lowest BCUT2D eigenvalue weighted by Crippen LogP contribution is -2.16. The topological polar surface area (TPSA) is 35.5 Å². The summed E-state index contributed by atoms with van der Waals surface area (Å²) in [6.07, 6.45) is 0. The van der Waals surface area contributed by atoms with Crippen LogP contribution in [-0.4, -0.2) is 19.0 Å². The molecule has 0 aliphatic carbocycles. The smallest absolute Gasteiger partial charge is 0.159 e. The zero-order valence-corrected chi connectivity index (χ0v) is 13.3. The van der Waals surface area contributed by atoms with E-state index in [0.29, 0.717) is 18.8 Å². The third-order valence-electron chi connectivity index (χ3n) is 3.33. The second kappa shape index (κ2) is 7.64. The van der Waals surface area contributed by atoms with Gasteiger partial charge in [0.25, 0.3) is 0 Å². The Hall–Kier alpha value is -2.29. The molecule has 0 aromatic heterocycles. The lowest BCUT2D eigenvalue weighted by molar-refractivity contribution is 0.101. The fraction of sp³-hybridized carbons (Fsp3) is 0.316. The van der Waals surface area contributed by atoms with Crippen molar-refractivity contribution in [3.8, 4) is 11.5 Å². The Morgan fingerprint density at radius 1 is 1.00 bits per heavy atom. The first-order valence-electron chi connectivity index (χ1n) is 7.48. The maximum Gasteiger partial charge on any atom is 0.159 e. The van der Waals surface area contributed by atoms with E-state index in [4.69, 9.17) is 9.47 Å². The van der Waals surface area contributed by atoms with E-state index in [1.54, 1.807) is 19.1 Å². The number of ether oxygens (including phenoxy) is 2. The van der Waals surface area contributed by atoms with Crippen molar-refractivity contribution in [2.24, 2.45) is 5.92 Å². The number of hydrogen-bond acceptors (Lipinski definition) is 3. The van der Waals surface area contributed by atoms with E-state index in [2.05, 4.69) is 13.8 Å². The minimum atomic E-state index is 0.0428. The zero-order chi connectivity index (χ0) is 15.9. The highest BCUT2D eigenvalue weighted by Crippen LogP contribution is 2.16. The van der Waals surface area contributed by atoms with Gasteiger partial charge in [0, 0.05) is 11.5 Å². The van der Waals surface area contributed by atoms with Crippen molar-refractivity contribution in [2.45, 2.75) is 20.8 Å². The molecule has 0 N–H and O–H groups in total. The summed E-state index contributed by atoms with van der Waals surface area (Å²) in [7, 11) is 0. The average Bonchev–Trinajstić information content (AvgIpc) is 2.52. The van der Waals surface area contributed by atoms with Crippen molar-refractivity contribution in [1.29, 1.82) is 0 Å². The van der Waals surface area contributed by atoms with Gasteiger partial charge in [-0.15, -0.1) is 0 Å². The number of carbonyl (C=O) groups excluding carboxylic acids is 1. The Labute approximate surface area is 131 Å². The van der Waals surface area contributed by atoms with Crippen molar-refractivity contribution in [3.05, 3.63) is 59.7 Å². The first-order chi connectivity index (χ1) is 10.5. The molecule has 0 aliphatic rings. The first kappa shape index (κ1) is 16.1. The summed E-state index contributed by atoms with van der Waals surface area (Å²) in [5, 5.41) is 0. The summed E-state index contributed by atoms with van der Waals surface area (Å²) < 4.78 is 11.5. The number of carbonyl (C=O) groups is 1. The van der Waals surface area contributed by atoms with Gasteiger partial charge in [0.1, 0.15) is 11.5 Å². The summed E-state index contributed by atoms with van der Waals surface area (Å²) in [4.78, 5) is 11.3. The maximum atomic E-state index is 11.3. The molecule has 0 spiro atoms. The van der Waals surface area contributed by atoms with Crippen molar-refractivity contribution in [2.75, 3.05) is 13.2 Å². The monoisotopic (exact) mass is 298 g/mol. The molecule has 1 unspecified atom stereocenters. The van der Waals surface area contributed by atoms with Gasteiger partial charge >= 0.3 is 0 Å². The molecular formula is C19H22O3. The molecular weight excluding hydrogens is 276 g/mol. The van der Waals surface area contributed by atoms with Gasteiger partial charge in [-0.2, -0.15) is 0 Å². The van der Waals surface area contributed by atoms with Gasteiger partial charge in [-0.1, -0.05) is 36.8 Å². The summed E-state index contributed by atoms with van der Waals surface area (Å²) in [5.41, 5.74) is 1.88. The Bertz CT molecular complexity index is 617. The lowest BCUT2D eigenvalue weighted by Gasteiger charge is -2.14.